The number of carbonyl (C=O) groups excluding carboxylic acids is 1. The summed E-state index contributed by atoms with van der Waals surface area (Å²) in [5.74, 6) is -1.07. The van der Waals surface area contributed by atoms with E-state index in [4.69, 9.17) is 5.11 Å². The summed E-state index contributed by atoms with van der Waals surface area (Å²) < 4.78 is 0. The molecule has 21 heavy (non-hydrogen) atoms. The Bertz CT molecular complexity index is 691. The molecule has 1 unspecified atom stereocenters. The smallest absolute Gasteiger partial charge is 0.326 e. The first-order valence-electron chi connectivity index (χ1n) is 7.13. The maximum absolute atomic E-state index is 12.0. The number of aliphatic carboxylic acids is 1. The summed E-state index contributed by atoms with van der Waals surface area (Å²) >= 11 is 0. The molecule has 108 valence electrons. The Morgan fingerprint density at radius 3 is 2.52 bits per heavy atom. The van der Waals surface area contributed by atoms with Gasteiger partial charge in [-0.2, -0.15) is 0 Å². The Balaban J connectivity index is 1.69. The lowest BCUT2D eigenvalue weighted by Gasteiger charge is -2.13. The molecule has 4 nitrogen and oxygen atoms in total. The highest BCUT2D eigenvalue weighted by atomic mass is 16.4. The Labute approximate surface area is 122 Å². The SMILES string of the molecule is O=C(Cc1ccc2ccccc2c1)NC(C(=O)O)C1CC1. The number of carbonyl (C=O) groups is 2. The number of rotatable bonds is 5. The second-order valence-corrected chi connectivity index (χ2v) is 5.58. The summed E-state index contributed by atoms with van der Waals surface area (Å²) in [7, 11) is 0. The number of hydrogen-bond donors (Lipinski definition) is 2. The van der Waals surface area contributed by atoms with Gasteiger partial charge in [-0.05, 0) is 35.1 Å². The highest BCUT2D eigenvalue weighted by molar-refractivity contribution is 5.87. The van der Waals surface area contributed by atoms with Crippen molar-refractivity contribution < 1.29 is 14.7 Å². The first-order chi connectivity index (χ1) is 10.1. The quantitative estimate of drug-likeness (QED) is 0.885. The average molecular weight is 283 g/mol. The van der Waals surface area contributed by atoms with E-state index in [-0.39, 0.29) is 18.2 Å². The molecule has 1 atom stereocenters. The van der Waals surface area contributed by atoms with E-state index in [2.05, 4.69) is 5.32 Å². The highest BCUT2D eigenvalue weighted by Crippen LogP contribution is 2.32. The number of benzene rings is 2. The first-order valence-corrected chi connectivity index (χ1v) is 7.13. The molecule has 1 saturated carbocycles. The van der Waals surface area contributed by atoms with Crippen molar-refractivity contribution in [2.24, 2.45) is 5.92 Å². The minimum Gasteiger partial charge on any atom is -0.480 e. The van der Waals surface area contributed by atoms with E-state index >= 15 is 0 Å². The van der Waals surface area contributed by atoms with Gasteiger partial charge in [-0.15, -0.1) is 0 Å². The van der Waals surface area contributed by atoms with Crippen LogP contribution >= 0.6 is 0 Å². The summed E-state index contributed by atoms with van der Waals surface area (Å²) in [6.45, 7) is 0. The van der Waals surface area contributed by atoms with Gasteiger partial charge in [0, 0.05) is 0 Å². The topological polar surface area (TPSA) is 66.4 Å². The average Bonchev–Trinajstić information content (AvgIpc) is 3.29. The van der Waals surface area contributed by atoms with Crippen LogP contribution in [0.5, 0.6) is 0 Å². The van der Waals surface area contributed by atoms with Gasteiger partial charge in [-0.25, -0.2) is 4.79 Å². The van der Waals surface area contributed by atoms with Gasteiger partial charge in [0.1, 0.15) is 6.04 Å². The minimum atomic E-state index is -0.940. The third-order valence-corrected chi connectivity index (χ3v) is 3.85. The standard InChI is InChI=1S/C17H17NO3/c19-15(18-16(17(20)21)13-7-8-13)10-11-5-6-12-3-1-2-4-14(12)9-11/h1-6,9,13,16H,7-8,10H2,(H,18,19)(H,20,21). The van der Waals surface area contributed by atoms with E-state index in [0.29, 0.717) is 0 Å². The first kappa shape index (κ1) is 13.6. The molecule has 0 saturated heterocycles. The largest absolute Gasteiger partial charge is 0.480 e. The normalized spacial score (nSPS) is 15.6. The molecule has 4 heteroatoms. The van der Waals surface area contributed by atoms with Gasteiger partial charge in [-0.3, -0.25) is 4.79 Å². The Hall–Kier alpha value is -2.36. The van der Waals surface area contributed by atoms with Crippen molar-refractivity contribution in [3.63, 3.8) is 0 Å². The second-order valence-electron chi connectivity index (χ2n) is 5.58. The Kier molecular flexibility index (Phi) is 3.60. The summed E-state index contributed by atoms with van der Waals surface area (Å²) in [5.41, 5.74) is 0.895. The summed E-state index contributed by atoms with van der Waals surface area (Å²) in [4.78, 5) is 23.2. The number of fused-ring (bicyclic) bond motifs is 1. The highest BCUT2D eigenvalue weighted by Gasteiger charge is 2.37. The predicted octanol–water partition coefficient (Wildman–Crippen LogP) is 2.36. The molecule has 0 bridgehead atoms. The van der Waals surface area contributed by atoms with E-state index in [1.54, 1.807) is 0 Å². The third-order valence-electron chi connectivity index (χ3n) is 3.85. The van der Waals surface area contributed by atoms with Gasteiger partial charge >= 0.3 is 5.97 Å². The lowest BCUT2D eigenvalue weighted by atomic mass is 10.0. The van der Waals surface area contributed by atoms with E-state index in [9.17, 15) is 9.59 Å². The molecule has 2 aromatic rings. The van der Waals surface area contributed by atoms with Gasteiger partial charge < -0.3 is 10.4 Å². The molecule has 0 spiro atoms. The van der Waals surface area contributed by atoms with E-state index < -0.39 is 12.0 Å². The molecule has 1 fully saturated rings. The van der Waals surface area contributed by atoms with Crippen LogP contribution in [0.3, 0.4) is 0 Å². The fraction of sp³-hybridized carbons (Fsp3) is 0.294. The van der Waals surface area contributed by atoms with E-state index in [1.807, 2.05) is 42.5 Å². The van der Waals surface area contributed by atoms with Crippen LogP contribution in [0.2, 0.25) is 0 Å². The molecule has 2 N–H and O–H groups in total. The van der Waals surface area contributed by atoms with Crippen LogP contribution < -0.4 is 5.32 Å². The van der Waals surface area contributed by atoms with Crippen LogP contribution in [0.4, 0.5) is 0 Å². The summed E-state index contributed by atoms with van der Waals surface area (Å²) in [6.07, 6.45) is 1.97. The monoisotopic (exact) mass is 283 g/mol. The minimum absolute atomic E-state index is 0.100. The molecule has 0 heterocycles. The van der Waals surface area contributed by atoms with E-state index in [1.165, 1.54) is 0 Å². The summed E-state index contributed by atoms with van der Waals surface area (Å²) in [6, 6.07) is 13.1. The molecule has 0 aromatic heterocycles. The lowest BCUT2D eigenvalue weighted by molar-refractivity contribution is -0.142. The maximum Gasteiger partial charge on any atom is 0.326 e. The van der Waals surface area contributed by atoms with Gasteiger partial charge in [0.2, 0.25) is 5.91 Å². The van der Waals surface area contributed by atoms with Crippen molar-refractivity contribution in [3.05, 3.63) is 48.0 Å². The van der Waals surface area contributed by atoms with Crippen LogP contribution in [-0.4, -0.2) is 23.0 Å². The van der Waals surface area contributed by atoms with Gasteiger partial charge in [0.15, 0.2) is 0 Å². The lowest BCUT2D eigenvalue weighted by Crippen LogP contribution is -2.43. The number of carboxylic acids is 1. The van der Waals surface area contributed by atoms with Crippen LogP contribution in [-0.2, 0) is 16.0 Å². The Morgan fingerprint density at radius 2 is 1.86 bits per heavy atom. The molecule has 1 amide bonds. The van der Waals surface area contributed by atoms with Crippen molar-refractivity contribution in [2.75, 3.05) is 0 Å². The second kappa shape index (κ2) is 5.56. The van der Waals surface area contributed by atoms with Crippen molar-refractivity contribution in [2.45, 2.75) is 25.3 Å². The number of carboxylic acid groups (broad SMARTS) is 1. The van der Waals surface area contributed by atoms with Gasteiger partial charge in [0.25, 0.3) is 0 Å². The molecular weight excluding hydrogens is 266 g/mol. The van der Waals surface area contributed by atoms with E-state index in [0.717, 1.165) is 29.2 Å². The molecule has 1 aliphatic carbocycles. The number of nitrogens with one attached hydrogen (secondary N) is 1. The van der Waals surface area contributed by atoms with Crippen LogP contribution in [0, 0.1) is 5.92 Å². The van der Waals surface area contributed by atoms with Crippen LogP contribution in [0.15, 0.2) is 42.5 Å². The molecule has 0 aliphatic heterocycles. The van der Waals surface area contributed by atoms with Gasteiger partial charge in [0.05, 0.1) is 6.42 Å². The fourth-order valence-corrected chi connectivity index (χ4v) is 2.57. The zero-order chi connectivity index (χ0) is 14.8. The van der Waals surface area contributed by atoms with Crippen molar-refractivity contribution in [1.82, 2.24) is 5.32 Å². The number of amides is 1. The van der Waals surface area contributed by atoms with Gasteiger partial charge in [-0.1, -0.05) is 42.5 Å². The molecule has 0 radical (unpaired) electrons. The Morgan fingerprint density at radius 1 is 1.14 bits per heavy atom. The third kappa shape index (κ3) is 3.21. The van der Waals surface area contributed by atoms with Crippen molar-refractivity contribution >= 4 is 22.6 Å². The molecular formula is C17H17NO3. The van der Waals surface area contributed by atoms with Crippen LogP contribution in [0.1, 0.15) is 18.4 Å². The number of hydrogen-bond acceptors (Lipinski definition) is 2. The van der Waals surface area contributed by atoms with Crippen LogP contribution in [0.25, 0.3) is 10.8 Å². The van der Waals surface area contributed by atoms with Crippen molar-refractivity contribution in [1.29, 1.82) is 0 Å². The zero-order valence-electron chi connectivity index (χ0n) is 11.6. The fourth-order valence-electron chi connectivity index (χ4n) is 2.57. The molecule has 3 rings (SSSR count). The predicted molar refractivity (Wildman–Crippen MR) is 79.9 cm³/mol. The van der Waals surface area contributed by atoms with Crippen molar-refractivity contribution in [3.8, 4) is 0 Å². The zero-order valence-corrected chi connectivity index (χ0v) is 11.6. The molecule has 1 aliphatic rings. The maximum atomic E-state index is 12.0. The summed E-state index contributed by atoms with van der Waals surface area (Å²) in [5, 5.41) is 14.0. The molecule has 2 aromatic carbocycles.